The van der Waals surface area contributed by atoms with E-state index >= 15 is 0 Å². The largest absolute Gasteiger partial charge is 0.433 e. The second kappa shape index (κ2) is 7.56. The van der Waals surface area contributed by atoms with Crippen LogP contribution in [0, 0.1) is 6.92 Å². The first-order chi connectivity index (χ1) is 14.2. The van der Waals surface area contributed by atoms with Crippen molar-refractivity contribution in [2.24, 2.45) is 0 Å². The number of fused-ring (bicyclic) bond motifs is 1. The van der Waals surface area contributed by atoms with Crippen LogP contribution in [-0.4, -0.2) is 20.5 Å². The lowest BCUT2D eigenvalue weighted by molar-refractivity contribution is -0.142. The number of carbonyl (C=O) groups is 1. The number of aryl methyl sites for hydroxylation is 1. The summed E-state index contributed by atoms with van der Waals surface area (Å²) in [5.74, 6) is -0.623. The molecular weight excluding hydrogens is 461 g/mol. The number of alkyl halides is 3. The third-order valence-corrected chi connectivity index (χ3v) is 4.93. The Kier molecular flexibility index (Phi) is 5.07. The molecule has 9 heteroatoms. The summed E-state index contributed by atoms with van der Waals surface area (Å²) in [6.07, 6.45) is -4.68. The van der Waals surface area contributed by atoms with Gasteiger partial charge >= 0.3 is 6.18 Å². The van der Waals surface area contributed by atoms with Crippen molar-refractivity contribution in [3.05, 3.63) is 82.1 Å². The molecule has 2 aromatic heterocycles. The second-order valence-corrected chi connectivity index (χ2v) is 7.57. The zero-order valence-corrected chi connectivity index (χ0v) is 17.1. The first-order valence-electron chi connectivity index (χ1n) is 8.83. The van der Waals surface area contributed by atoms with Gasteiger partial charge in [0.15, 0.2) is 17.0 Å². The SMILES string of the molecule is Cc1ccc(NC(=O)c2cc3nc(-c4ccc(Br)cc4)cc(C(F)(F)F)n3n2)cc1. The van der Waals surface area contributed by atoms with E-state index in [1.54, 1.807) is 36.4 Å². The van der Waals surface area contributed by atoms with Gasteiger partial charge in [-0.25, -0.2) is 9.50 Å². The van der Waals surface area contributed by atoms with Gasteiger partial charge in [0.2, 0.25) is 0 Å². The molecule has 1 amide bonds. The molecule has 0 fully saturated rings. The highest BCUT2D eigenvalue weighted by molar-refractivity contribution is 9.10. The fourth-order valence-corrected chi connectivity index (χ4v) is 3.15. The number of nitrogens with one attached hydrogen (secondary N) is 1. The maximum atomic E-state index is 13.7. The van der Waals surface area contributed by atoms with Gasteiger partial charge in [-0.3, -0.25) is 4.79 Å². The van der Waals surface area contributed by atoms with Gasteiger partial charge in [0, 0.05) is 21.8 Å². The molecule has 2 aromatic carbocycles. The molecule has 0 unspecified atom stereocenters. The number of carbonyl (C=O) groups excluding carboxylic acids is 1. The molecule has 0 radical (unpaired) electrons. The van der Waals surface area contributed by atoms with Crippen LogP contribution in [0.2, 0.25) is 0 Å². The van der Waals surface area contributed by atoms with E-state index in [0.717, 1.165) is 16.1 Å². The van der Waals surface area contributed by atoms with Crippen molar-refractivity contribution in [1.82, 2.24) is 14.6 Å². The van der Waals surface area contributed by atoms with E-state index in [2.05, 4.69) is 31.3 Å². The zero-order chi connectivity index (χ0) is 21.5. The van der Waals surface area contributed by atoms with Crippen LogP contribution in [0.15, 0.2) is 65.1 Å². The number of hydrogen-bond acceptors (Lipinski definition) is 3. The summed E-state index contributed by atoms with van der Waals surface area (Å²) < 4.78 is 42.5. The highest BCUT2D eigenvalue weighted by Crippen LogP contribution is 2.32. The van der Waals surface area contributed by atoms with Gasteiger partial charge < -0.3 is 5.32 Å². The molecule has 2 heterocycles. The van der Waals surface area contributed by atoms with Gasteiger partial charge in [-0.1, -0.05) is 45.8 Å². The van der Waals surface area contributed by atoms with Gasteiger partial charge in [-0.15, -0.1) is 0 Å². The minimum atomic E-state index is -4.68. The van der Waals surface area contributed by atoms with Crippen LogP contribution in [0.3, 0.4) is 0 Å². The Bertz CT molecular complexity index is 1230. The van der Waals surface area contributed by atoms with Crippen molar-refractivity contribution in [2.45, 2.75) is 13.1 Å². The quantitative estimate of drug-likeness (QED) is 0.411. The predicted molar refractivity (Wildman–Crippen MR) is 110 cm³/mol. The van der Waals surface area contributed by atoms with Crippen LogP contribution >= 0.6 is 15.9 Å². The lowest BCUT2D eigenvalue weighted by atomic mass is 10.1. The van der Waals surface area contributed by atoms with Crippen molar-refractivity contribution >= 4 is 33.2 Å². The van der Waals surface area contributed by atoms with Gasteiger partial charge in [0.25, 0.3) is 5.91 Å². The molecule has 1 N–H and O–H groups in total. The average Bonchev–Trinajstić information content (AvgIpc) is 3.13. The molecule has 0 bridgehead atoms. The first kappa shape index (κ1) is 20.1. The maximum Gasteiger partial charge on any atom is 0.433 e. The summed E-state index contributed by atoms with van der Waals surface area (Å²) in [5, 5.41) is 6.48. The van der Waals surface area contributed by atoms with E-state index in [4.69, 9.17) is 0 Å². The molecule has 5 nitrogen and oxygen atoms in total. The molecule has 0 aliphatic heterocycles. The van der Waals surface area contributed by atoms with Crippen molar-refractivity contribution in [3.8, 4) is 11.3 Å². The van der Waals surface area contributed by atoms with Gasteiger partial charge in [-0.05, 0) is 37.3 Å². The average molecular weight is 475 g/mol. The third-order valence-electron chi connectivity index (χ3n) is 4.40. The van der Waals surface area contributed by atoms with Crippen LogP contribution in [0.4, 0.5) is 18.9 Å². The van der Waals surface area contributed by atoms with Crippen LogP contribution in [-0.2, 0) is 6.18 Å². The van der Waals surface area contributed by atoms with Gasteiger partial charge in [-0.2, -0.15) is 18.3 Å². The van der Waals surface area contributed by atoms with Gasteiger partial charge in [0.1, 0.15) is 0 Å². The number of benzene rings is 2. The molecule has 0 aliphatic rings. The Morgan fingerprint density at radius 2 is 1.70 bits per heavy atom. The molecule has 0 saturated heterocycles. The molecule has 0 aliphatic carbocycles. The lowest BCUT2D eigenvalue weighted by Crippen LogP contribution is -2.15. The Morgan fingerprint density at radius 3 is 2.33 bits per heavy atom. The van der Waals surface area contributed by atoms with Crippen molar-refractivity contribution in [2.75, 3.05) is 5.32 Å². The molecule has 4 aromatic rings. The molecule has 152 valence electrons. The highest BCUT2D eigenvalue weighted by atomic mass is 79.9. The summed E-state index contributed by atoms with van der Waals surface area (Å²) in [5.41, 5.74) is 0.923. The van der Waals surface area contributed by atoms with Crippen LogP contribution in [0.1, 0.15) is 21.7 Å². The predicted octanol–water partition coefficient (Wildman–Crippen LogP) is 5.74. The number of amides is 1. The minimum Gasteiger partial charge on any atom is -0.321 e. The fraction of sp³-hybridized carbons (Fsp3) is 0.0952. The number of aromatic nitrogens is 3. The Balaban J connectivity index is 1.77. The maximum absolute atomic E-state index is 13.7. The first-order valence-corrected chi connectivity index (χ1v) is 9.62. The summed E-state index contributed by atoms with van der Waals surface area (Å²) in [7, 11) is 0. The monoisotopic (exact) mass is 474 g/mol. The topological polar surface area (TPSA) is 59.3 Å². The summed E-state index contributed by atoms with van der Waals surface area (Å²) in [6.45, 7) is 1.90. The number of halogens is 4. The molecule has 0 atom stereocenters. The van der Waals surface area contributed by atoms with Crippen LogP contribution in [0.25, 0.3) is 16.9 Å². The van der Waals surface area contributed by atoms with Crippen LogP contribution < -0.4 is 5.32 Å². The van der Waals surface area contributed by atoms with E-state index in [9.17, 15) is 18.0 Å². The summed E-state index contributed by atoms with van der Waals surface area (Å²) in [6, 6.07) is 15.9. The van der Waals surface area contributed by atoms with E-state index in [0.29, 0.717) is 15.8 Å². The third kappa shape index (κ3) is 4.06. The van der Waals surface area contributed by atoms with Crippen molar-refractivity contribution in [1.29, 1.82) is 0 Å². The number of nitrogens with zero attached hydrogens (tertiary/aromatic N) is 3. The van der Waals surface area contributed by atoms with Crippen LogP contribution in [0.5, 0.6) is 0 Å². The Labute approximate surface area is 177 Å². The van der Waals surface area contributed by atoms with E-state index in [1.807, 2.05) is 19.1 Å². The van der Waals surface area contributed by atoms with E-state index in [1.165, 1.54) is 6.07 Å². The second-order valence-electron chi connectivity index (χ2n) is 6.65. The molecule has 30 heavy (non-hydrogen) atoms. The number of hydrogen-bond donors (Lipinski definition) is 1. The van der Waals surface area contributed by atoms with Crippen molar-refractivity contribution in [3.63, 3.8) is 0 Å². The standard InChI is InChI=1S/C21H14BrF3N4O/c1-12-2-8-15(9-3-12)26-20(30)17-11-19-27-16(13-4-6-14(22)7-5-13)10-18(21(23,24)25)29(19)28-17/h2-11H,1H3,(H,26,30). The Morgan fingerprint density at radius 1 is 1.03 bits per heavy atom. The number of rotatable bonds is 3. The zero-order valence-electron chi connectivity index (χ0n) is 15.5. The lowest BCUT2D eigenvalue weighted by Gasteiger charge is -2.11. The van der Waals surface area contributed by atoms with Crippen molar-refractivity contribution < 1.29 is 18.0 Å². The Hall–Kier alpha value is -3.20. The van der Waals surface area contributed by atoms with Gasteiger partial charge in [0.05, 0.1) is 5.69 Å². The summed E-state index contributed by atoms with van der Waals surface area (Å²) >= 11 is 3.30. The van der Waals surface area contributed by atoms with E-state index < -0.39 is 17.8 Å². The molecular formula is C21H14BrF3N4O. The highest BCUT2D eigenvalue weighted by Gasteiger charge is 2.35. The molecule has 4 rings (SSSR count). The minimum absolute atomic E-state index is 0.0724. The molecule has 0 saturated carbocycles. The smallest absolute Gasteiger partial charge is 0.321 e. The fourth-order valence-electron chi connectivity index (χ4n) is 2.89. The normalized spacial score (nSPS) is 11.6. The molecule has 0 spiro atoms. The van der Waals surface area contributed by atoms with E-state index in [-0.39, 0.29) is 17.0 Å². The number of anilines is 1. The summed E-state index contributed by atoms with van der Waals surface area (Å²) in [4.78, 5) is 16.8.